The van der Waals surface area contributed by atoms with Crippen LogP contribution < -0.4 is 10.6 Å². The lowest BCUT2D eigenvalue weighted by molar-refractivity contribution is 0.0936. The fraction of sp³-hybridized carbons (Fsp3) is 0.438. The molecule has 0 bridgehead atoms. The van der Waals surface area contributed by atoms with Crippen molar-refractivity contribution in [3.8, 4) is 0 Å². The van der Waals surface area contributed by atoms with Gasteiger partial charge in [-0.3, -0.25) is 4.79 Å². The van der Waals surface area contributed by atoms with E-state index in [0.29, 0.717) is 5.69 Å². The average molecular weight is 271 g/mol. The lowest BCUT2D eigenvalue weighted by Crippen LogP contribution is -2.36. The Labute approximate surface area is 118 Å². The third-order valence-corrected chi connectivity index (χ3v) is 4.28. The van der Waals surface area contributed by atoms with Crippen LogP contribution in [-0.4, -0.2) is 30.0 Å². The zero-order valence-corrected chi connectivity index (χ0v) is 12.3. The minimum atomic E-state index is -0.00801. The molecule has 1 aromatic heterocycles. The predicted molar refractivity (Wildman–Crippen MR) is 81.3 cm³/mol. The third kappa shape index (κ3) is 2.20. The number of aromatic amines is 1. The molecule has 1 fully saturated rings. The van der Waals surface area contributed by atoms with Crippen molar-refractivity contribution in [3.63, 3.8) is 0 Å². The van der Waals surface area contributed by atoms with Gasteiger partial charge in [-0.15, -0.1) is 0 Å². The summed E-state index contributed by atoms with van der Waals surface area (Å²) in [7, 11) is 0. The summed E-state index contributed by atoms with van der Waals surface area (Å²) in [6.45, 7) is 8.13. The van der Waals surface area contributed by atoms with Crippen molar-refractivity contribution in [2.24, 2.45) is 0 Å². The van der Waals surface area contributed by atoms with Crippen LogP contribution in [0.15, 0.2) is 12.1 Å². The lowest BCUT2D eigenvalue weighted by Gasteiger charge is -2.09. The van der Waals surface area contributed by atoms with Gasteiger partial charge in [0.2, 0.25) is 0 Å². The Morgan fingerprint density at radius 3 is 2.75 bits per heavy atom. The highest BCUT2D eigenvalue weighted by Gasteiger charge is 2.19. The van der Waals surface area contributed by atoms with Gasteiger partial charge in [0.05, 0.1) is 0 Å². The number of aromatic nitrogens is 1. The number of hydrogen-bond acceptors (Lipinski definition) is 2. The molecule has 0 radical (unpaired) electrons. The SMILES string of the molecule is Cc1cc(C)c2cc(C(=O)N[C@H]3CCNC3)[nH]c2c1C. The van der Waals surface area contributed by atoms with Crippen molar-refractivity contribution in [3.05, 3.63) is 34.5 Å². The van der Waals surface area contributed by atoms with E-state index in [4.69, 9.17) is 0 Å². The van der Waals surface area contributed by atoms with E-state index < -0.39 is 0 Å². The van der Waals surface area contributed by atoms with Gasteiger partial charge in [0.25, 0.3) is 5.91 Å². The van der Waals surface area contributed by atoms with E-state index in [1.165, 1.54) is 16.7 Å². The number of aryl methyl sites for hydroxylation is 3. The molecule has 2 heterocycles. The molecule has 0 aliphatic carbocycles. The summed E-state index contributed by atoms with van der Waals surface area (Å²) in [5, 5.41) is 7.47. The molecule has 1 aliphatic rings. The van der Waals surface area contributed by atoms with E-state index in [1.807, 2.05) is 6.07 Å². The molecule has 0 unspecified atom stereocenters. The number of nitrogens with one attached hydrogen (secondary N) is 3. The van der Waals surface area contributed by atoms with Gasteiger partial charge in [-0.25, -0.2) is 0 Å². The summed E-state index contributed by atoms with van der Waals surface area (Å²) < 4.78 is 0. The van der Waals surface area contributed by atoms with Gasteiger partial charge in [0, 0.05) is 23.5 Å². The summed E-state index contributed by atoms with van der Waals surface area (Å²) in [6.07, 6.45) is 1.00. The molecule has 3 N–H and O–H groups in total. The summed E-state index contributed by atoms with van der Waals surface area (Å²) in [5.41, 5.74) is 5.41. The Bertz CT molecular complexity index is 666. The Morgan fingerprint density at radius 1 is 1.25 bits per heavy atom. The summed E-state index contributed by atoms with van der Waals surface area (Å²) in [4.78, 5) is 15.6. The highest BCUT2D eigenvalue weighted by Crippen LogP contribution is 2.25. The number of carbonyl (C=O) groups is 1. The first-order valence-corrected chi connectivity index (χ1v) is 7.17. The fourth-order valence-electron chi connectivity index (χ4n) is 2.93. The van der Waals surface area contributed by atoms with E-state index in [9.17, 15) is 4.79 Å². The monoisotopic (exact) mass is 271 g/mol. The molecule has 0 saturated carbocycles. The van der Waals surface area contributed by atoms with Crippen LogP contribution in [0.2, 0.25) is 0 Å². The number of amides is 1. The number of fused-ring (bicyclic) bond motifs is 1. The van der Waals surface area contributed by atoms with Crippen LogP contribution in [0.3, 0.4) is 0 Å². The minimum Gasteiger partial charge on any atom is -0.350 e. The van der Waals surface area contributed by atoms with Crippen LogP contribution >= 0.6 is 0 Å². The maximum Gasteiger partial charge on any atom is 0.267 e. The molecule has 4 heteroatoms. The maximum atomic E-state index is 12.3. The second kappa shape index (κ2) is 4.94. The van der Waals surface area contributed by atoms with Gasteiger partial charge in [-0.05, 0) is 56.5 Å². The second-order valence-electron chi connectivity index (χ2n) is 5.77. The molecule has 3 rings (SSSR count). The topological polar surface area (TPSA) is 56.9 Å². The van der Waals surface area contributed by atoms with Crippen molar-refractivity contribution < 1.29 is 4.79 Å². The number of carbonyl (C=O) groups excluding carboxylic acids is 1. The van der Waals surface area contributed by atoms with E-state index in [2.05, 4.69) is 42.5 Å². The summed E-state index contributed by atoms with van der Waals surface area (Å²) in [6, 6.07) is 4.39. The van der Waals surface area contributed by atoms with E-state index in [-0.39, 0.29) is 11.9 Å². The smallest absolute Gasteiger partial charge is 0.267 e. The van der Waals surface area contributed by atoms with Gasteiger partial charge in [-0.1, -0.05) is 6.07 Å². The molecule has 1 saturated heterocycles. The molecular formula is C16H21N3O. The number of hydrogen-bond donors (Lipinski definition) is 3. The molecule has 20 heavy (non-hydrogen) atoms. The van der Waals surface area contributed by atoms with Crippen molar-refractivity contribution in [1.82, 2.24) is 15.6 Å². The molecule has 106 valence electrons. The highest BCUT2D eigenvalue weighted by molar-refractivity contribution is 6.00. The average Bonchev–Trinajstić information content (AvgIpc) is 3.04. The molecule has 1 atom stereocenters. The molecule has 2 aromatic rings. The van der Waals surface area contributed by atoms with Crippen LogP contribution in [0.5, 0.6) is 0 Å². The molecule has 1 aromatic carbocycles. The van der Waals surface area contributed by atoms with Crippen LogP contribution in [-0.2, 0) is 0 Å². The number of rotatable bonds is 2. The fourth-order valence-corrected chi connectivity index (χ4v) is 2.93. The van der Waals surface area contributed by atoms with Crippen molar-refractivity contribution in [1.29, 1.82) is 0 Å². The molecule has 1 aliphatic heterocycles. The Morgan fingerprint density at radius 2 is 2.05 bits per heavy atom. The standard InChI is InChI=1S/C16H21N3O/c1-9-6-10(2)13-7-14(19-15(13)11(9)3)16(20)18-12-4-5-17-8-12/h6-7,12,17,19H,4-5,8H2,1-3H3,(H,18,20)/t12-/m0/s1. The number of H-pyrrole nitrogens is 1. The van der Waals surface area contributed by atoms with E-state index in [1.54, 1.807) is 0 Å². The molecule has 0 spiro atoms. The lowest BCUT2D eigenvalue weighted by atomic mass is 10.0. The van der Waals surface area contributed by atoms with Gasteiger partial charge in [0.1, 0.15) is 5.69 Å². The quantitative estimate of drug-likeness (QED) is 0.784. The van der Waals surface area contributed by atoms with Crippen molar-refractivity contribution in [2.75, 3.05) is 13.1 Å². The van der Waals surface area contributed by atoms with Gasteiger partial charge < -0.3 is 15.6 Å². The first-order valence-electron chi connectivity index (χ1n) is 7.17. The Kier molecular flexibility index (Phi) is 3.26. The Balaban J connectivity index is 1.94. The Hall–Kier alpha value is -1.81. The zero-order chi connectivity index (χ0) is 14.3. The molecule has 1 amide bonds. The molecule has 4 nitrogen and oxygen atoms in total. The van der Waals surface area contributed by atoms with Crippen molar-refractivity contribution in [2.45, 2.75) is 33.2 Å². The third-order valence-electron chi connectivity index (χ3n) is 4.28. The van der Waals surface area contributed by atoms with Gasteiger partial charge >= 0.3 is 0 Å². The maximum absolute atomic E-state index is 12.3. The predicted octanol–water partition coefficient (Wildman–Crippen LogP) is 2.18. The van der Waals surface area contributed by atoms with Crippen LogP contribution in [0.1, 0.15) is 33.6 Å². The van der Waals surface area contributed by atoms with E-state index in [0.717, 1.165) is 30.4 Å². The molecular weight excluding hydrogens is 250 g/mol. The largest absolute Gasteiger partial charge is 0.350 e. The summed E-state index contributed by atoms with van der Waals surface area (Å²) in [5.74, 6) is -0.00801. The zero-order valence-electron chi connectivity index (χ0n) is 12.3. The first-order chi connectivity index (χ1) is 9.56. The van der Waals surface area contributed by atoms with Crippen LogP contribution in [0.4, 0.5) is 0 Å². The minimum absolute atomic E-state index is 0.00801. The number of benzene rings is 1. The van der Waals surface area contributed by atoms with Gasteiger partial charge in [0.15, 0.2) is 0 Å². The second-order valence-corrected chi connectivity index (χ2v) is 5.77. The van der Waals surface area contributed by atoms with Crippen LogP contribution in [0.25, 0.3) is 10.9 Å². The first kappa shape index (κ1) is 13.2. The highest BCUT2D eigenvalue weighted by atomic mass is 16.1. The van der Waals surface area contributed by atoms with E-state index >= 15 is 0 Å². The normalized spacial score (nSPS) is 18.6. The van der Waals surface area contributed by atoms with Crippen molar-refractivity contribution >= 4 is 16.8 Å². The summed E-state index contributed by atoms with van der Waals surface area (Å²) >= 11 is 0. The van der Waals surface area contributed by atoms with Gasteiger partial charge in [-0.2, -0.15) is 0 Å². The van der Waals surface area contributed by atoms with Crippen LogP contribution in [0, 0.1) is 20.8 Å².